The molecule has 1 aliphatic rings. The minimum Gasteiger partial charge on any atom is -0.320 e. The van der Waals surface area contributed by atoms with Gasteiger partial charge in [-0.3, -0.25) is 9.79 Å². The van der Waals surface area contributed by atoms with Gasteiger partial charge in [0.15, 0.2) is 0 Å². The minimum atomic E-state index is -0.105. The van der Waals surface area contributed by atoms with Crippen LogP contribution < -0.4 is 5.32 Å². The van der Waals surface area contributed by atoms with Crippen LogP contribution in [0, 0.1) is 0 Å². The molecule has 0 saturated heterocycles. The Kier molecular flexibility index (Phi) is 3.33. The number of anilines is 1. The molecule has 0 fully saturated rings. The molecule has 2 aromatic carbocycles. The van der Waals surface area contributed by atoms with Gasteiger partial charge < -0.3 is 5.32 Å². The number of carbonyl (C=O) groups excluding carboxylic acids is 1. The Morgan fingerprint density at radius 1 is 1.05 bits per heavy atom. The van der Waals surface area contributed by atoms with Gasteiger partial charge in [0.05, 0.1) is 11.7 Å². The van der Waals surface area contributed by atoms with Crippen molar-refractivity contribution in [3.8, 4) is 0 Å². The first-order valence-electron chi connectivity index (χ1n) is 6.76. The molecule has 1 heterocycles. The lowest BCUT2D eigenvalue weighted by atomic mass is 10.1. The first-order valence-corrected chi connectivity index (χ1v) is 6.76. The SMILES string of the molecule is C[C@H](Cc1ccccc1)N=C1C(=O)Nc2ccccc21. The lowest BCUT2D eigenvalue weighted by molar-refractivity contribution is -0.110. The summed E-state index contributed by atoms with van der Waals surface area (Å²) >= 11 is 0. The molecule has 20 heavy (non-hydrogen) atoms. The highest BCUT2D eigenvalue weighted by Crippen LogP contribution is 2.23. The molecule has 0 bridgehead atoms. The Morgan fingerprint density at radius 2 is 1.75 bits per heavy atom. The van der Waals surface area contributed by atoms with Crippen molar-refractivity contribution in [3.63, 3.8) is 0 Å². The monoisotopic (exact) mass is 264 g/mol. The summed E-state index contributed by atoms with van der Waals surface area (Å²) in [4.78, 5) is 16.6. The van der Waals surface area contributed by atoms with E-state index in [1.54, 1.807) is 0 Å². The van der Waals surface area contributed by atoms with E-state index in [9.17, 15) is 4.79 Å². The Labute approximate surface area is 118 Å². The molecule has 100 valence electrons. The fraction of sp³-hybridized carbons (Fsp3) is 0.176. The Hall–Kier alpha value is -2.42. The predicted molar refractivity (Wildman–Crippen MR) is 81.2 cm³/mol. The van der Waals surface area contributed by atoms with E-state index < -0.39 is 0 Å². The van der Waals surface area contributed by atoms with Gasteiger partial charge in [-0.2, -0.15) is 0 Å². The molecule has 0 unspecified atom stereocenters. The number of benzene rings is 2. The first-order chi connectivity index (χ1) is 9.74. The summed E-state index contributed by atoms with van der Waals surface area (Å²) in [5.41, 5.74) is 3.53. The number of carbonyl (C=O) groups is 1. The van der Waals surface area contributed by atoms with Gasteiger partial charge in [0, 0.05) is 5.56 Å². The number of nitrogens with zero attached hydrogens (tertiary/aromatic N) is 1. The molecule has 0 radical (unpaired) electrons. The van der Waals surface area contributed by atoms with Crippen LogP contribution in [0.15, 0.2) is 59.6 Å². The number of hydrogen-bond donors (Lipinski definition) is 1. The van der Waals surface area contributed by atoms with Crippen LogP contribution in [0.4, 0.5) is 5.69 Å². The maximum absolute atomic E-state index is 12.0. The summed E-state index contributed by atoms with van der Waals surface area (Å²) in [5, 5.41) is 2.85. The average molecular weight is 264 g/mol. The largest absolute Gasteiger partial charge is 0.320 e. The van der Waals surface area contributed by atoms with Gasteiger partial charge in [-0.25, -0.2) is 0 Å². The van der Waals surface area contributed by atoms with E-state index in [0.29, 0.717) is 5.71 Å². The smallest absolute Gasteiger partial charge is 0.274 e. The Balaban J connectivity index is 1.83. The number of aliphatic imine (C=N–C) groups is 1. The predicted octanol–water partition coefficient (Wildman–Crippen LogP) is 3.06. The van der Waals surface area contributed by atoms with Gasteiger partial charge in [-0.05, 0) is 25.0 Å². The molecule has 0 aliphatic carbocycles. The topological polar surface area (TPSA) is 41.5 Å². The van der Waals surface area contributed by atoms with E-state index >= 15 is 0 Å². The number of nitrogens with one attached hydrogen (secondary N) is 1. The molecule has 0 aromatic heterocycles. The maximum atomic E-state index is 12.0. The lowest BCUT2D eigenvalue weighted by Gasteiger charge is -2.07. The van der Waals surface area contributed by atoms with Crippen molar-refractivity contribution in [2.45, 2.75) is 19.4 Å². The molecular weight excluding hydrogens is 248 g/mol. The molecule has 1 atom stereocenters. The van der Waals surface area contributed by atoms with Crippen molar-refractivity contribution < 1.29 is 4.79 Å². The highest BCUT2D eigenvalue weighted by atomic mass is 16.2. The average Bonchev–Trinajstić information content (AvgIpc) is 2.76. The van der Waals surface area contributed by atoms with Crippen molar-refractivity contribution in [2.75, 3.05) is 5.32 Å². The van der Waals surface area contributed by atoms with Crippen molar-refractivity contribution in [2.24, 2.45) is 4.99 Å². The highest BCUT2D eigenvalue weighted by molar-refractivity contribution is 6.53. The van der Waals surface area contributed by atoms with Crippen LogP contribution in [0.1, 0.15) is 18.1 Å². The third-order valence-electron chi connectivity index (χ3n) is 3.37. The molecule has 0 saturated carbocycles. The second kappa shape index (κ2) is 5.29. The van der Waals surface area contributed by atoms with E-state index in [-0.39, 0.29) is 11.9 Å². The van der Waals surface area contributed by atoms with Crippen LogP contribution in [0.5, 0.6) is 0 Å². The molecular formula is C17H16N2O. The number of rotatable bonds is 3. The molecule has 3 nitrogen and oxygen atoms in total. The number of hydrogen-bond acceptors (Lipinski definition) is 2. The van der Waals surface area contributed by atoms with Crippen LogP contribution in [0.3, 0.4) is 0 Å². The molecule has 3 rings (SSSR count). The van der Waals surface area contributed by atoms with E-state index in [1.165, 1.54) is 5.56 Å². The molecule has 1 aliphatic heterocycles. The van der Waals surface area contributed by atoms with Crippen molar-refractivity contribution >= 4 is 17.3 Å². The fourth-order valence-corrected chi connectivity index (χ4v) is 2.45. The van der Waals surface area contributed by atoms with Crippen LogP contribution in [-0.4, -0.2) is 17.7 Å². The summed E-state index contributed by atoms with van der Waals surface area (Å²) in [7, 11) is 0. The third-order valence-corrected chi connectivity index (χ3v) is 3.37. The maximum Gasteiger partial charge on any atom is 0.274 e. The third kappa shape index (κ3) is 2.48. The number of para-hydroxylation sites is 1. The zero-order valence-electron chi connectivity index (χ0n) is 11.3. The highest BCUT2D eigenvalue weighted by Gasteiger charge is 2.25. The summed E-state index contributed by atoms with van der Waals surface area (Å²) in [6.45, 7) is 2.04. The van der Waals surface area contributed by atoms with Crippen molar-refractivity contribution in [1.82, 2.24) is 0 Å². The van der Waals surface area contributed by atoms with Gasteiger partial charge >= 0.3 is 0 Å². The molecule has 2 aromatic rings. The van der Waals surface area contributed by atoms with Gasteiger partial charge in [-0.15, -0.1) is 0 Å². The second-order valence-corrected chi connectivity index (χ2v) is 5.02. The van der Waals surface area contributed by atoms with Crippen LogP contribution in [0.2, 0.25) is 0 Å². The van der Waals surface area contributed by atoms with Gasteiger partial charge in [-0.1, -0.05) is 48.5 Å². The first kappa shape index (κ1) is 12.6. The fourth-order valence-electron chi connectivity index (χ4n) is 2.45. The normalized spacial score (nSPS) is 16.9. The van der Waals surface area contributed by atoms with Crippen LogP contribution in [-0.2, 0) is 11.2 Å². The summed E-state index contributed by atoms with van der Waals surface area (Å²) in [6, 6.07) is 18.0. The number of amides is 1. The molecule has 1 amide bonds. The molecule has 0 spiro atoms. The number of fused-ring (bicyclic) bond motifs is 1. The van der Waals surface area contributed by atoms with Gasteiger partial charge in [0.1, 0.15) is 5.71 Å². The summed E-state index contributed by atoms with van der Waals surface area (Å²) < 4.78 is 0. The van der Waals surface area contributed by atoms with Crippen molar-refractivity contribution in [1.29, 1.82) is 0 Å². The van der Waals surface area contributed by atoms with E-state index in [0.717, 1.165) is 17.7 Å². The van der Waals surface area contributed by atoms with E-state index in [4.69, 9.17) is 0 Å². The zero-order valence-corrected chi connectivity index (χ0v) is 11.3. The molecule has 1 N–H and O–H groups in total. The van der Waals surface area contributed by atoms with Gasteiger partial charge in [0.25, 0.3) is 5.91 Å². The van der Waals surface area contributed by atoms with Crippen molar-refractivity contribution in [3.05, 3.63) is 65.7 Å². The van der Waals surface area contributed by atoms with Crippen LogP contribution in [0.25, 0.3) is 0 Å². The second-order valence-electron chi connectivity index (χ2n) is 5.02. The quantitative estimate of drug-likeness (QED) is 0.909. The van der Waals surface area contributed by atoms with E-state index in [1.807, 2.05) is 49.4 Å². The minimum absolute atomic E-state index is 0.0734. The Bertz CT molecular complexity index is 662. The van der Waals surface area contributed by atoms with Gasteiger partial charge in [0.2, 0.25) is 0 Å². The Morgan fingerprint density at radius 3 is 2.55 bits per heavy atom. The standard InChI is InChI=1S/C17H16N2O/c1-12(11-13-7-3-2-4-8-13)18-16-14-9-5-6-10-15(14)19-17(16)20/h2-10,12H,11H2,1H3,(H,18,19,20)/t12-/m1/s1. The van der Waals surface area contributed by atoms with Crippen LogP contribution >= 0.6 is 0 Å². The lowest BCUT2D eigenvalue weighted by Crippen LogP contribution is -2.17. The molecule has 3 heteroatoms. The van der Waals surface area contributed by atoms with E-state index in [2.05, 4.69) is 22.4 Å². The zero-order chi connectivity index (χ0) is 13.9. The summed E-state index contributed by atoms with van der Waals surface area (Å²) in [5.74, 6) is -0.105. The summed E-state index contributed by atoms with van der Waals surface area (Å²) in [6.07, 6.45) is 0.833.